The van der Waals surface area contributed by atoms with Gasteiger partial charge in [-0.2, -0.15) is 0 Å². The average molecular weight is 242 g/mol. The van der Waals surface area contributed by atoms with Crippen molar-refractivity contribution in [3.8, 4) is 0 Å². The van der Waals surface area contributed by atoms with Gasteiger partial charge in [0.15, 0.2) is 0 Å². The van der Waals surface area contributed by atoms with Gasteiger partial charge >= 0.3 is 5.97 Å². The molecule has 0 aromatic rings. The molecule has 0 aliphatic rings. The lowest BCUT2D eigenvalue weighted by Gasteiger charge is -2.26. The van der Waals surface area contributed by atoms with Crippen LogP contribution >= 0.6 is 11.8 Å². The molecule has 0 aromatic heterocycles. The maximum atomic E-state index is 11.0. The third-order valence-corrected chi connectivity index (χ3v) is 3.57. The van der Waals surface area contributed by atoms with E-state index in [1.807, 2.05) is 6.92 Å². The Morgan fingerprint density at radius 2 is 2.00 bits per heavy atom. The molecule has 1 unspecified atom stereocenters. The zero-order valence-electron chi connectivity index (χ0n) is 10.9. The van der Waals surface area contributed by atoms with E-state index in [2.05, 4.69) is 26.7 Å². The number of ether oxygens (including phenoxy) is 1. The molecule has 3 heteroatoms. The minimum Gasteiger partial charge on any atom is -0.455 e. The van der Waals surface area contributed by atoms with Gasteiger partial charge in [-0.25, -0.2) is 0 Å². The molecule has 0 saturated carbocycles. The molecular formula is C13H22O2S. The van der Waals surface area contributed by atoms with Crippen LogP contribution in [0.1, 0.15) is 40.5 Å². The van der Waals surface area contributed by atoms with Crippen LogP contribution in [0.4, 0.5) is 0 Å². The highest BCUT2D eigenvalue weighted by Gasteiger charge is 2.23. The van der Waals surface area contributed by atoms with E-state index in [9.17, 15) is 4.79 Å². The van der Waals surface area contributed by atoms with E-state index in [-0.39, 0.29) is 5.97 Å². The lowest BCUT2D eigenvalue weighted by molar-refractivity contribution is -0.151. The van der Waals surface area contributed by atoms with Gasteiger partial charge in [0.25, 0.3) is 0 Å². The van der Waals surface area contributed by atoms with Crippen LogP contribution in [0.15, 0.2) is 23.1 Å². The Kier molecular flexibility index (Phi) is 6.49. The molecule has 0 N–H and O–H groups in total. The summed E-state index contributed by atoms with van der Waals surface area (Å²) < 4.78 is 5.27. The van der Waals surface area contributed by atoms with Gasteiger partial charge in [0.1, 0.15) is 5.60 Å². The van der Waals surface area contributed by atoms with Gasteiger partial charge in [0.2, 0.25) is 0 Å². The van der Waals surface area contributed by atoms with Gasteiger partial charge in [-0.15, -0.1) is 11.8 Å². The molecular weight excluding hydrogens is 220 g/mol. The molecule has 0 fully saturated rings. The van der Waals surface area contributed by atoms with Crippen molar-refractivity contribution in [3.05, 3.63) is 23.1 Å². The van der Waals surface area contributed by atoms with Crippen LogP contribution in [0.5, 0.6) is 0 Å². The van der Waals surface area contributed by atoms with Crippen LogP contribution in [0.2, 0.25) is 0 Å². The molecule has 16 heavy (non-hydrogen) atoms. The first kappa shape index (κ1) is 15.3. The maximum absolute atomic E-state index is 11.0. The number of hydrogen-bond donors (Lipinski definition) is 0. The maximum Gasteiger partial charge on any atom is 0.303 e. The van der Waals surface area contributed by atoms with Gasteiger partial charge in [-0.1, -0.05) is 12.2 Å². The van der Waals surface area contributed by atoms with Crippen molar-refractivity contribution < 1.29 is 9.53 Å². The summed E-state index contributed by atoms with van der Waals surface area (Å²) in [5.74, 6) is -0.259. The summed E-state index contributed by atoms with van der Waals surface area (Å²) in [4.78, 5) is 12.3. The highest BCUT2D eigenvalue weighted by molar-refractivity contribution is 8.02. The summed E-state index contributed by atoms with van der Waals surface area (Å²) in [6.45, 7) is 11.3. The lowest BCUT2D eigenvalue weighted by atomic mass is 9.99. The van der Waals surface area contributed by atoms with Crippen LogP contribution in [-0.4, -0.2) is 17.8 Å². The predicted molar refractivity (Wildman–Crippen MR) is 71.5 cm³/mol. The summed E-state index contributed by atoms with van der Waals surface area (Å²) in [7, 11) is 0. The van der Waals surface area contributed by atoms with Gasteiger partial charge in [0.05, 0.1) is 0 Å². The van der Waals surface area contributed by atoms with Crippen molar-refractivity contribution in [2.45, 2.75) is 46.1 Å². The summed E-state index contributed by atoms with van der Waals surface area (Å²) in [5, 5.41) is 0. The lowest BCUT2D eigenvalue weighted by Crippen LogP contribution is -2.28. The number of rotatable bonds is 6. The fourth-order valence-corrected chi connectivity index (χ4v) is 2.16. The number of carbonyl (C=O) groups excluding carboxylic acids is 1. The monoisotopic (exact) mass is 242 g/mol. The molecule has 0 aliphatic carbocycles. The molecule has 92 valence electrons. The molecule has 2 nitrogen and oxygen atoms in total. The van der Waals surface area contributed by atoms with E-state index >= 15 is 0 Å². The summed E-state index contributed by atoms with van der Waals surface area (Å²) in [6, 6.07) is 0. The molecule has 0 radical (unpaired) electrons. The fraction of sp³-hybridized carbons (Fsp3) is 0.615. The molecule has 0 heterocycles. The average Bonchev–Trinajstić information content (AvgIpc) is 2.17. The number of hydrogen-bond acceptors (Lipinski definition) is 3. The Morgan fingerprint density at radius 1 is 1.44 bits per heavy atom. The van der Waals surface area contributed by atoms with Crippen molar-refractivity contribution in [1.82, 2.24) is 0 Å². The zero-order chi connectivity index (χ0) is 12.8. The Hall–Kier alpha value is -0.700. The third-order valence-electron chi connectivity index (χ3n) is 2.46. The smallest absolute Gasteiger partial charge is 0.303 e. The van der Waals surface area contributed by atoms with Crippen molar-refractivity contribution in [2.24, 2.45) is 0 Å². The SMILES string of the molecule is C=CC(C)(CCC(SC)=C(C)C)OC(C)=O. The molecule has 0 saturated heterocycles. The van der Waals surface area contributed by atoms with Crippen LogP contribution in [0.25, 0.3) is 0 Å². The molecule has 0 aromatic carbocycles. The Bertz CT molecular complexity index is 290. The second-order valence-electron chi connectivity index (χ2n) is 4.24. The molecule has 0 aliphatic heterocycles. The highest BCUT2D eigenvalue weighted by Crippen LogP contribution is 2.28. The Balaban J connectivity index is 4.51. The Labute approximate surface area is 103 Å². The van der Waals surface area contributed by atoms with E-state index < -0.39 is 5.60 Å². The molecule has 0 bridgehead atoms. The minimum atomic E-state index is -0.553. The van der Waals surface area contributed by atoms with Gasteiger partial charge in [0, 0.05) is 6.92 Å². The van der Waals surface area contributed by atoms with Crippen molar-refractivity contribution >= 4 is 17.7 Å². The van der Waals surface area contributed by atoms with Crippen molar-refractivity contribution in [2.75, 3.05) is 6.26 Å². The van der Waals surface area contributed by atoms with E-state index in [0.29, 0.717) is 0 Å². The van der Waals surface area contributed by atoms with Crippen LogP contribution in [0.3, 0.4) is 0 Å². The van der Waals surface area contributed by atoms with E-state index in [0.717, 1.165) is 12.8 Å². The third kappa shape index (κ3) is 5.40. The van der Waals surface area contributed by atoms with Gasteiger partial charge in [-0.05, 0) is 50.8 Å². The molecule has 0 rings (SSSR count). The largest absolute Gasteiger partial charge is 0.455 e. The number of allylic oxidation sites excluding steroid dienone is 2. The first-order chi connectivity index (χ1) is 7.34. The van der Waals surface area contributed by atoms with Crippen molar-refractivity contribution in [3.63, 3.8) is 0 Å². The van der Waals surface area contributed by atoms with Crippen LogP contribution in [-0.2, 0) is 9.53 Å². The van der Waals surface area contributed by atoms with Gasteiger partial charge < -0.3 is 4.74 Å². The fourth-order valence-electron chi connectivity index (χ4n) is 1.44. The van der Waals surface area contributed by atoms with Crippen LogP contribution < -0.4 is 0 Å². The summed E-state index contributed by atoms with van der Waals surface area (Å²) in [6.07, 6.45) is 5.47. The van der Waals surface area contributed by atoms with Gasteiger partial charge in [-0.3, -0.25) is 4.79 Å². The Morgan fingerprint density at radius 3 is 2.31 bits per heavy atom. The summed E-state index contributed by atoms with van der Waals surface area (Å²) >= 11 is 1.75. The predicted octanol–water partition coefficient (Wildman–Crippen LogP) is 3.93. The molecule has 0 spiro atoms. The normalized spacial score (nSPS) is 13.8. The van der Waals surface area contributed by atoms with Crippen LogP contribution in [0, 0.1) is 0 Å². The molecule has 1 atom stereocenters. The first-order valence-corrected chi connectivity index (χ1v) is 6.60. The first-order valence-electron chi connectivity index (χ1n) is 5.38. The number of carbonyl (C=O) groups is 1. The van der Waals surface area contributed by atoms with E-state index in [4.69, 9.17) is 4.74 Å². The van der Waals surface area contributed by atoms with E-state index in [1.54, 1.807) is 17.8 Å². The minimum absolute atomic E-state index is 0.259. The van der Waals surface area contributed by atoms with Crippen molar-refractivity contribution in [1.29, 1.82) is 0 Å². The molecule has 0 amide bonds. The second-order valence-corrected chi connectivity index (χ2v) is 5.14. The zero-order valence-corrected chi connectivity index (χ0v) is 11.7. The summed E-state index contributed by atoms with van der Waals surface area (Å²) in [5.41, 5.74) is 0.768. The second kappa shape index (κ2) is 6.79. The highest BCUT2D eigenvalue weighted by atomic mass is 32.2. The standard InChI is InChI=1S/C13H22O2S/c1-7-13(5,15-11(4)14)9-8-12(16-6)10(2)3/h7H,1,8-9H2,2-6H3. The number of thioether (sulfide) groups is 1. The quantitative estimate of drug-likeness (QED) is 0.521. The number of esters is 1. The topological polar surface area (TPSA) is 26.3 Å². The van der Waals surface area contributed by atoms with E-state index in [1.165, 1.54) is 17.4 Å².